The Hall–Kier alpha value is -1.30. The van der Waals surface area contributed by atoms with Gasteiger partial charge in [-0.3, -0.25) is 4.79 Å². The zero-order valence-electron chi connectivity index (χ0n) is 9.98. The van der Waals surface area contributed by atoms with Crippen molar-refractivity contribution in [3.63, 3.8) is 0 Å². The minimum absolute atomic E-state index is 0.192. The third-order valence-electron chi connectivity index (χ3n) is 2.22. The van der Waals surface area contributed by atoms with E-state index < -0.39 is 0 Å². The van der Waals surface area contributed by atoms with Crippen molar-refractivity contribution in [2.45, 2.75) is 19.3 Å². The molecule has 5 nitrogen and oxygen atoms in total. The summed E-state index contributed by atoms with van der Waals surface area (Å²) in [6.07, 6.45) is 8.19. The smallest absolute Gasteiger partial charge is 0.271 e. The van der Waals surface area contributed by atoms with Crippen LogP contribution in [-0.4, -0.2) is 34.4 Å². The fourth-order valence-electron chi connectivity index (χ4n) is 1.30. The van der Waals surface area contributed by atoms with Crippen LogP contribution < -0.4 is 11.1 Å². The highest BCUT2D eigenvalue weighted by Gasteiger charge is 2.05. The van der Waals surface area contributed by atoms with E-state index in [1.807, 2.05) is 11.8 Å². The molecule has 0 radical (unpaired) electrons. The molecule has 0 unspecified atom stereocenters. The van der Waals surface area contributed by atoms with Crippen LogP contribution in [0.3, 0.4) is 0 Å². The predicted molar refractivity (Wildman–Crippen MR) is 71.0 cm³/mol. The molecule has 0 saturated carbocycles. The van der Waals surface area contributed by atoms with Crippen molar-refractivity contribution in [2.75, 3.05) is 24.3 Å². The molecule has 94 valence electrons. The van der Waals surface area contributed by atoms with Gasteiger partial charge in [0.1, 0.15) is 11.5 Å². The van der Waals surface area contributed by atoms with Gasteiger partial charge in [-0.2, -0.15) is 11.8 Å². The van der Waals surface area contributed by atoms with Gasteiger partial charge in [-0.25, -0.2) is 9.97 Å². The number of hydrogen-bond acceptors (Lipinski definition) is 5. The summed E-state index contributed by atoms with van der Waals surface area (Å²) < 4.78 is 0. The number of carbonyl (C=O) groups excluding carboxylic acids is 1. The Labute approximate surface area is 106 Å². The van der Waals surface area contributed by atoms with E-state index in [-0.39, 0.29) is 5.91 Å². The summed E-state index contributed by atoms with van der Waals surface area (Å²) in [5, 5.41) is 2.81. The number of hydrogen-bond donors (Lipinski definition) is 2. The fourth-order valence-corrected chi connectivity index (χ4v) is 1.79. The minimum Gasteiger partial charge on any atom is -0.382 e. The summed E-state index contributed by atoms with van der Waals surface area (Å²) in [4.78, 5) is 19.3. The van der Waals surface area contributed by atoms with Crippen molar-refractivity contribution < 1.29 is 4.79 Å². The minimum atomic E-state index is -0.192. The molecule has 1 heterocycles. The van der Waals surface area contributed by atoms with Crippen LogP contribution in [0.1, 0.15) is 29.8 Å². The average molecular weight is 254 g/mol. The standard InChI is InChI=1S/C11H18N4OS/c1-17-6-4-2-3-5-13-11(16)9-7-15-10(12)8-14-9/h7-8H,2-6H2,1H3,(H2,12,15)(H,13,16). The molecule has 3 N–H and O–H groups in total. The number of aromatic nitrogens is 2. The first-order valence-electron chi connectivity index (χ1n) is 5.58. The van der Waals surface area contributed by atoms with Gasteiger partial charge < -0.3 is 11.1 Å². The Balaban J connectivity index is 2.19. The van der Waals surface area contributed by atoms with Gasteiger partial charge in [0.05, 0.1) is 12.4 Å². The Morgan fingerprint density at radius 3 is 2.82 bits per heavy atom. The van der Waals surface area contributed by atoms with Crippen LogP contribution >= 0.6 is 11.8 Å². The molecule has 6 heteroatoms. The van der Waals surface area contributed by atoms with Crippen LogP contribution in [0.4, 0.5) is 5.82 Å². The molecule has 0 fully saturated rings. The van der Waals surface area contributed by atoms with Crippen molar-refractivity contribution in [3.8, 4) is 0 Å². The second-order valence-corrected chi connectivity index (χ2v) is 4.62. The highest BCUT2D eigenvalue weighted by atomic mass is 32.2. The number of nitrogens with two attached hydrogens (primary N) is 1. The molecule has 0 bridgehead atoms. The molecular formula is C11H18N4OS. The molecule has 0 aliphatic carbocycles. The number of amides is 1. The Bertz CT molecular complexity index is 342. The summed E-state index contributed by atoms with van der Waals surface area (Å²) in [5.41, 5.74) is 5.70. The maximum absolute atomic E-state index is 11.6. The second kappa shape index (κ2) is 7.89. The maximum Gasteiger partial charge on any atom is 0.271 e. The van der Waals surface area contributed by atoms with Crippen LogP contribution in [0, 0.1) is 0 Å². The van der Waals surface area contributed by atoms with E-state index in [1.165, 1.54) is 24.6 Å². The van der Waals surface area contributed by atoms with Gasteiger partial charge in [-0.1, -0.05) is 6.42 Å². The topological polar surface area (TPSA) is 80.9 Å². The van der Waals surface area contributed by atoms with E-state index in [1.54, 1.807) is 0 Å². The fraction of sp³-hybridized carbons (Fsp3) is 0.545. The number of thioether (sulfide) groups is 1. The summed E-state index contributed by atoms with van der Waals surface area (Å²) in [5.74, 6) is 1.30. The van der Waals surface area contributed by atoms with Crippen molar-refractivity contribution in [1.82, 2.24) is 15.3 Å². The Morgan fingerprint density at radius 2 is 2.18 bits per heavy atom. The van der Waals surface area contributed by atoms with Crippen LogP contribution in [0.25, 0.3) is 0 Å². The summed E-state index contributed by atoms with van der Waals surface area (Å²) in [7, 11) is 0. The van der Waals surface area contributed by atoms with Gasteiger partial charge >= 0.3 is 0 Å². The average Bonchev–Trinajstić information content (AvgIpc) is 2.34. The number of rotatable bonds is 7. The highest BCUT2D eigenvalue weighted by Crippen LogP contribution is 2.01. The van der Waals surface area contributed by atoms with Crippen LogP contribution in [0.5, 0.6) is 0 Å². The number of carbonyl (C=O) groups is 1. The van der Waals surface area contributed by atoms with Gasteiger partial charge in [0.2, 0.25) is 0 Å². The van der Waals surface area contributed by atoms with Crippen LogP contribution in [0.15, 0.2) is 12.4 Å². The molecule has 0 aliphatic rings. The molecule has 1 amide bonds. The SMILES string of the molecule is CSCCCCCNC(=O)c1cnc(N)cn1. The normalized spacial score (nSPS) is 10.2. The Kier molecular flexibility index (Phi) is 6.39. The van der Waals surface area contributed by atoms with E-state index in [0.717, 1.165) is 12.8 Å². The summed E-state index contributed by atoms with van der Waals surface area (Å²) in [6, 6.07) is 0. The van der Waals surface area contributed by atoms with Gasteiger partial charge in [-0.05, 0) is 24.9 Å². The second-order valence-electron chi connectivity index (χ2n) is 3.64. The zero-order chi connectivity index (χ0) is 12.5. The van der Waals surface area contributed by atoms with Gasteiger partial charge in [0.15, 0.2) is 0 Å². The first-order valence-corrected chi connectivity index (χ1v) is 6.98. The lowest BCUT2D eigenvalue weighted by atomic mass is 10.2. The summed E-state index contributed by atoms with van der Waals surface area (Å²) in [6.45, 7) is 0.680. The lowest BCUT2D eigenvalue weighted by Gasteiger charge is -2.04. The monoisotopic (exact) mass is 254 g/mol. The van der Waals surface area contributed by atoms with Gasteiger partial charge in [0.25, 0.3) is 5.91 Å². The number of nitrogen functional groups attached to an aromatic ring is 1. The summed E-state index contributed by atoms with van der Waals surface area (Å²) >= 11 is 1.85. The molecule has 0 saturated heterocycles. The third-order valence-corrected chi connectivity index (χ3v) is 2.91. The largest absolute Gasteiger partial charge is 0.382 e. The van der Waals surface area contributed by atoms with E-state index in [2.05, 4.69) is 21.5 Å². The number of anilines is 1. The lowest BCUT2D eigenvalue weighted by Crippen LogP contribution is -2.25. The van der Waals surface area contributed by atoms with Crippen LogP contribution in [-0.2, 0) is 0 Å². The van der Waals surface area contributed by atoms with E-state index in [9.17, 15) is 4.79 Å². The zero-order valence-corrected chi connectivity index (χ0v) is 10.8. The maximum atomic E-state index is 11.6. The van der Waals surface area contributed by atoms with Gasteiger partial charge in [0, 0.05) is 6.54 Å². The molecule has 17 heavy (non-hydrogen) atoms. The van der Waals surface area contributed by atoms with Crippen molar-refractivity contribution >= 4 is 23.5 Å². The first-order chi connectivity index (χ1) is 8.24. The van der Waals surface area contributed by atoms with E-state index in [0.29, 0.717) is 18.1 Å². The third kappa shape index (κ3) is 5.53. The highest BCUT2D eigenvalue weighted by molar-refractivity contribution is 7.98. The molecule has 1 aromatic rings. The predicted octanol–water partition coefficient (Wildman–Crippen LogP) is 1.32. The molecule has 0 aliphatic heterocycles. The molecule has 1 aromatic heterocycles. The number of nitrogens with one attached hydrogen (secondary N) is 1. The molecule has 0 spiro atoms. The Morgan fingerprint density at radius 1 is 1.35 bits per heavy atom. The molecule has 1 rings (SSSR count). The van der Waals surface area contributed by atoms with E-state index in [4.69, 9.17) is 5.73 Å². The van der Waals surface area contributed by atoms with E-state index >= 15 is 0 Å². The quantitative estimate of drug-likeness (QED) is 0.717. The van der Waals surface area contributed by atoms with Crippen LogP contribution in [0.2, 0.25) is 0 Å². The van der Waals surface area contributed by atoms with Crippen molar-refractivity contribution in [3.05, 3.63) is 18.1 Å². The van der Waals surface area contributed by atoms with Gasteiger partial charge in [-0.15, -0.1) is 0 Å². The first kappa shape index (κ1) is 13.8. The molecule has 0 aromatic carbocycles. The lowest BCUT2D eigenvalue weighted by molar-refractivity contribution is 0.0947. The molecular weight excluding hydrogens is 236 g/mol. The molecule has 0 atom stereocenters. The van der Waals surface area contributed by atoms with Crippen molar-refractivity contribution in [2.24, 2.45) is 0 Å². The number of nitrogens with zero attached hydrogens (tertiary/aromatic N) is 2. The number of unbranched alkanes of at least 4 members (excludes halogenated alkanes) is 2. The van der Waals surface area contributed by atoms with Crippen molar-refractivity contribution in [1.29, 1.82) is 0 Å².